The van der Waals surface area contributed by atoms with Crippen molar-refractivity contribution < 1.29 is 14.7 Å². The number of nitrogens with zero attached hydrogens (tertiary/aromatic N) is 1. The highest BCUT2D eigenvalue weighted by atomic mass is 35.5. The van der Waals surface area contributed by atoms with Crippen LogP contribution in [0.2, 0.25) is 5.02 Å². The number of amides is 2. The molecule has 6 heteroatoms. The molecule has 104 valence electrons. The van der Waals surface area contributed by atoms with E-state index in [2.05, 4.69) is 5.32 Å². The number of rotatable bonds is 4. The van der Waals surface area contributed by atoms with Crippen molar-refractivity contribution in [3.63, 3.8) is 0 Å². The van der Waals surface area contributed by atoms with Gasteiger partial charge in [-0.25, -0.2) is 9.59 Å². The normalized spacial score (nSPS) is 11.8. The highest BCUT2D eigenvalue weighted by molar-refractivity contribution is 6.31. The molecule has 1 aromatic rings. The SMILES string of the molecule is CCC(C)N(C)C(=O)Nc1cc(Cl)ccc1C(=O)O. The van der Waals surface area contributed by atoms with Gasteiger partial charge in [0.15, 0.2) is 0 Å². The van der Waals surface area contributed by atoms with Gasteiger partial charge in [-0.1, -0.05) is 18.5 Å². The summed E-state index contributed by atoms with van der Waals surface area (Å²) >= 11 is 5.82. The molecule has 1 rings (SSSR count). The van der Waals surface area contributed by atoms with Crippen LogP contribution in [-0.4, -0.2) is 35.1 Å². The molecule has 0 saturated carbocycles. The predicted octanol–water partition coefficient (Wildman–Crippen LogP) is 3.30. The minimum absolute atomic E-state index is 0.00954. The van der Waals surface area contributed by atoms with E-state index < -0.39 is 5.97 Å². The Balaban J connectivity index is 2.95. The summed E-state index contributed by atoms with van der Waals surface area (Å²) in [5.74, 6) is -1.11. The lowest BCUT2D eigenvalue weighted by Crippen LogP contribution is -2.38. The fraction of sp³-hybridized carbons (Fsp3) is 0.385. The summed E-state index contributed by atoms with van der Waals surface area (Å²) in [5, 5.41) is 12.0. The van der Waals surface area contributed by atoms with Crippen LogP contribution in [0.5, 0.6) is 0 Å². The quantitative estimate of drug-likeness (QED) is 0.891. The number of urea groups is 1. The summed E-state index contributed by atoms with van der Waals surface area (Å²) in [6.45, 7) is 3.88. The number of hydrogen-bond acceptors (Lipinski definition) is 2. The highest BCUT2D eigenvalue weighted by Gasteiger charge is 2.17. The fourth-order valence-electron chi connectivity index (χ4n) is 1.48. The van der Waals surface area contributed by atoms with Gasteiger partial charge in [0.25, 0.3) is 0 Å². The van der Waals surface area contributed by atoms with E-state index in [0.29, 0.717) is 5.02 Å². The number of carbonyl (C=O) groups is 2. The molecule has 0 radical (unpaired) electrons. The summed E-state index contributed by atoms with van der Waals surface area (Å²) in [5.41, 5.74) is 0.204. The van der Waals surface area contributed by atoms with Crippen molar-refractivity contribution in [2.75, 3.05) is 12.4 Å². The van der Waals surface area contributed by atoms with Gasteiger partial charge >= 0.3 is 12.0 Å². The van der Waals surface area contributed by atoms with Crippen LogP contribution in [0.4, 0.5) is 10.5 Å². The lowest BCUT2D eigenvalue weighted by molar-refractivity contribution is 0.0698. The molecular weight excluding hydrogens is 268 g/mol. The summed E-state index contributed by atoms with van der Waals surface area (Å²) in [6, 6.07) is 3.96. The number of carboxylic acids is 1. The highest BCUT2D eigenvalue weighted by Crippen LogP contribution is 2.21. The van der Waals surface area contributed by atoms with Gasteiger partial charge in [-0.3, -0.25) is 0 Å². The van der Waals surface area contributed by atoms with Gasteiger partial charge < -0.3 is 15.3 Å². The van der Waals surface area contributed by atoms with Gasteiger partial charge in [0, 0.05) is 18.1 Å². The molecule has 0 spiro atoms. The first-order valence-corrected chi connectivity index (χ1v) is 6.31. The Morgan fingerprint density at radius 3 is 2.63 bits per heavy atom. The molecule has 0 aliphatic carbocycles. The third kappa shape index (κ3) is 3.86. The molecule has 0 aliphatic heterocycles. The van der Waals surface area contributed by atoms with E-state index in [-0.39, 0.29) is 23.3 Å². The van der Waals surface area contributed by atoms with E-state index in [9.17, 15) is 9.59 Å². The molecule has 0 aliphatic rings. The second-order valence-electron chi connectivity index (χ2n) is 4.29. The van der Waals surface area contributed by atoms with Crippen LogP contribution in [0, 0.1) is 0 Å². The molecule has 2 N–H and O–H groups in total. The zero-order chi connectivity index (χ0) is 14.6. The second-order valence-corrected chi connectivity index (χ2v) is 4.73. The average molecular weight is 285 g/mol. The number of halogens is 1. The second kappa shape index (κ2) is 6.43. The molecule has 2 amide bonds. The third-order valence-corrected chi connectivity index (χ3v) is 3.26. The van der Waals surface area contributed by atoms with Crippen molar-refractivity contribution in [3.8, 4) is 0 Å². The predicted molar refractivity (Wildman–Crippen MR) is 74.9 cm³/mol. The molecule has 19 heavy (non-hydrogen) atoms. The Bertz CT molecular complexity index is 491. The van der Waals surface area contributed by atoms with E-state index in [1.807, 2.05) is 13.8 Å². The fourth-order valence-corrected chi connectivity index (χ4v) is 1.66. The first-order chi connectivity index (χ1) is 8.86. The summed E-state index contributed by atoms with van der Waals surface area (Å²) in [7, 11) is 1.66. The van der Waals surface area contributed by atoms with Crippen LogP contribution < -0.4 is 5.32 Å². The number of benzene rings is 1. The summed E-state index contributed by atoms with van der Waals surface area (Å²) < 4.78 is 0. The van der Waals surface area contributed by atoms with Crippen LogP contribution in [0.15, 0.2) is 18.2 Å². The van der Waals surface area contributed by atoms with Crippen molar-refractivity contribution in [3.05, 3.63) is 28.8 Å². The first-order valence-electron chi connectivity index (χ1n) is 5.93. The topological polar surface area (TPSA) is 69.6 Å². The van der Waals surface area contributed by atoms with Crippen molar-refractivity contribution in [2.24, 2.45) is 0 Å². The van der Waals surface area contributed by atoms with E-state index in [4.69, 9.17) is 16.7 Å². The largest absolute Gasteiger partial charge is 0.478 e. The minimum atomic E-state index is -1.11. The maximum absolute atomic E-state index is 12.0. The zero-order valence-corrected chi connectivity index (χ0v) is 11.9. The van der Waals surface area contributed by atoms with Gasteiger partial charge in [-0.15, -0.1) is 0 Å². The maximum Gasteiger partial charge on any atom is 0.337 e. The van der Waals surface area contributed by atoms with Gasteiger partial charge in [-0.2, -0.15) is 0 Å². The maximum atomic E-state index is 12.0. The summed E-state index contributed by atoms with van der Waals surface area (Å²) in [4.78, 5) is 24.6. The van der Waals surface area contributed by atoms with Crippen LogP contribution in [0.3, 0.4) is 0 Å². The van der Waals surface area contributed by atoms with E-state index in [1.54, 1.807) is 7.05 Å². The number of aromatic carboxylic acids is 1. The Morgan fingerprint density at radius 1 is 1.47 bits per heavy atom. The van der Waals surface area contributed by atoms with E-state index in [1.165, 1.54) is 23.1 Å². The smallest absolute Gasteiger partial charge is 0.337 e. The number of carboxylic acid groups (broad SMARTS) is 1. The summed E-state index contributed by atoms with van der Waals surface area (Å²) in [6.07, 6.45) is 0.811. The van der Waals surface area contributed by atoms with Crippen molar-refractivity contribution in [1.29, 1.82) is 0 Å². The van der Waals surface area contributed by atoms with Gasteiger partial charge in [0.05, 0.1) is 11.3 Å². The van der Waals surface area contributed by atoms with Gasteiger partial charge in [-0.05, 0) is 31.5 Å². The number of hydrogen-bond donors (Lipinski definition) is 2. The molecular formula is C13H17ClN2O3. The average Bonchev–Trinajstić information content (AvgIpc) is 2.36. The minimum Gasteiger partial charge on any atom is -0.478 e. The number of anilines is 1. The molecule has 0 fully saturated rings. The Labute approximate surface area is 117 Å². The van der Waals surface area contributed by atoms with E-state index in [0.717, 1.165) is 6.42 Å². The lowest BCUT2D eigenvalue weighted by atomic mass is 10.2. The third-order valence-electron chi connectivity index (χ3n) is 3.03. The molecule has 0 bridgehead atoms. The van der Waals surface area contributed by atoms with Crippen LogP contribution in [-0.2, 0) is 0 Å². The lowest BCUT2D eigenvalue weighted by Gasteiger charge is -2.24. The van der Waals surface area contributed by atoms with Crippen LogP contribution in [0.1, 0.15) is 30.6 Å². The molecule has 0 aromatic heterocycles. The van der Waals surface area contributed by atoms with Crippen LogP contribution >= 0.6 is 11.6 Å². The molecule has 1 unspecified atom stereocenters. The molecule has 0 heterocycles. The Morgan fingerprint density at radius 2 is 2.11 bits per heavy atom. The van der Waals surface area contributed by atoms with Gasteiger partial charge in [0.2, 0.25) is 0 Å². The number of carbonyl (C=O) groups excluding carboxylic acids is 1. The molecule has 0 saturated heterocycles. The first kappa shape index (κ1) is 15.3. The molecule has 5 nitrogen and oxygen atoms in total. The van der Waals surface area contributed by atoms with Gasteiger partial charge in [0.1, 0.15) is 0 Å². The molecule has 1 atom stereocenters. The Hall–Kier alpha value is -1.75. The standard InChI is InChI=1S/C13H17ClN2O3/c1-4-8(2)16(3)13(19)15-11-7-9(14)5-6-10(11)12(17)18/h5-8H,4H2,1-3H3,(H,15,19)(H,17,18). The molecule has 1 aromatic carbocycles. The Kier molecular flexibility index (Phi) is 5.18. The van der Waals surface area contributed by atoms with Crippen molar-refractivity contribution in [2.45, 2.75) is 26.3 Å². The number of nitrogens with one attached hydrogen (secondary N) is 1. The van der Waals surface area contributed by atoms with Crippen LogP contribution in [0.25, 0.3) is 0 Å². The van der Waals surface area contributed by atoms with Crippen molar-refractivity contribution >= 4 is 29.3 Å². The monoisotopic (exact) mass is 284 g/mol. The zero-order valence-electron chi connectivity index (χ0n) is 11.1. The van der Waals surface area contributed by atoms with E-state index >= 15 is 0 Å². The van der Waals surface area contributed by atoms with Crippen molar-refractivity contribution in [1.82, 2.24) is 4.90 Å².